The van der Waals surface area contributed by atoms with Crippen molar-refractivity contribution in [1.29, 1.82) is 0 Å². The van der Waals surface area contributed by atoms with E-state index in [1.165, 1.54) is 0 Å². The second kappa shape index (κ2) is 5.56. The van der Waals surface area contributed by atoms with Gasteiger partial charge in [0, 0.05) is 12.5 Å². The van der Waals surface area contributed by atoms with Gasteiger partial charge in [-0.05, 0) is 31.6 Å². The maximum Gasteiger partial charge on any atom is 0.389 e. The highest BCUT2D eigenvalue weighted by Crippen LogP contribution is 2.26. The summed E-state index contributed by atoms with van der Waals surface area (Å²) < 4.78 is 58.0. The maximum atomic E-state index is 11.9. The van der Waals surface area contributed by atoms with Crippen LogP contribution in [0.1, 0.15) is 32.1 Å². The number of hydrogen-bond acceptors (Lipinski definition) is 3. The molecule has 1 fully saturated rings. The fraction of sp³-hybridized carbons (Fsp3) is 1.00. The van der Waals surface area contributed by atoms with Crippen LogP contribution < -0.4 is 5.73 Å². The lowest BCUT2D eigenvalue weighted by atomic mass is 9.96. The lowest BCUT2D eigenvalue weighted by Gasteiger charge is -2.15. The first-order chi connectivity index (χ1) is 7.68. The van der Waals surface area contributed by atoms with Crippen LogP contribution in [-0.2, 0) is 9.84 Å². The first-order valence-corrected chi connectivity index (χ1v) is 7.53. The van der Waals surface area contributed by atoms with E-state index in [1.54, 1.807) is 0 Å². The van der Waals surface area contributed by atoms with E-state index in [-0.39, 0.29) is 29.9 Å². The van der Waals surface area contributed by atoms with Crippen molar-refractivity contribution in [2.75, 3.05) is 11.5 Å². The lowest BCUT2D eigenvalue weighted by molar-refractivity contribution is -0.135. The monoisotopic (exact) mass is 273 g/mol. The molecule has 17 heavy (non-hydrogen) atoms. The number of nitrogens with two attached hydrogens (primary N) is 1. The minimum Gasteiger partial charge on any atom is -0.328 e. The molecule has 0 aromatic rings. The van der Waals surface area contributed by atoms with Gasteiger partial charge in [0.1, 0.15) is 0 Å². The van der Waals surface area contributed by atoms with Crippen LogP contribution in [0.15, 0.2) is 0 Å². The molecule has 0 radical (unpaired) electrons. The highest BCUT2D eigenvalue weighted by Gasteiger charge is 2.30. The van der Waals surface area contributed by atoms with Gasteiger partial charge in [0.2, 0.25) is 0 Å². The molecule has 0 amide bonds. The summed E-state index contributed by atoms with van der Waals surface area (Å²) in [7, 11) is -2.92. The summed E-state index contributed by atoms with van der Waals surface area (Å²) in [5.41, 5.74) is 5.71. The molecule has 2 atom stereocenters. The summed E-state index contributed by atoms with van der Waals surface area (Å²) in [4.78, 5) is 0. The van der Waals surface area contributed by atoms with Crippen molar-refractivity contribution >= 4 is 9.84 Å². The van der Waals surface area contributed by atoms with Crippen LogP contribution >= 0.6 is 0 Å². The molecule has 0 aliphatic carbocycles. The van der Waals surface area contributed by atoms with E-state index in [0.717, 1.165) is 0 Å². The zero-order valence-corrected chi connectivity index (χ0v) is 10.4. The van der Waals surface area contributed by atoms with Gasteiger partial charge in [-0.25, -0.2) is 8.42 Å². The lowest BCUT2D eigenvalue weighted by Crippen LogP contribution is -2.24. The van der Waals surface area contributed by atoms with Crippen LogP contribution in [0.25, 0.3) is 0 Å². The molecule has 2 unspecified atom stereocenters. The van der Waals surface area contributed by atoms with E-state index in [9.17, 15) is 21.6 Å². The summed E-state index contributed by atoms with van der Waals surface area (Å²) >= 11 is 0. The molecule has 1 aliphatic heterocycles. The van der Waals surface area contributed by atoms with Crippen molar-refractivity contribution < 1.29 is 21.6 Å². The maximum absolute atomic E-state index is 11.9. The summed E-state index contributed by atoms with van der Waals surface area (Å²) in [6.45, 7) is 0. The molecule has 7 heteroatoms. The Kier molecular flexibility index (Phi) is 4.83. The SMILES string of the molecule is NC(CCCC(F)(F)F)CC1CCS(=O)(=O)C1. The summed E-state index contributed by atoms with van der Waals surface area (Å²) in [6, 6.07) is -0.323. The van der Waals surface area contributed by atoms with Crippen molar-refractivity contribution in [2.24, 2.45) is 11.7 Å². The average Bonchev–Trinajstić information content (AvgIpc) is 2.42. The summed E-state index contributed by atoms with van der Waals surface area (Å²) in [5, 5.41) is 0. The number of alkyl halides is 3. The number of rotatable bonds is 5. The molecule has 1 saturated heterocycles. The van der Waals surface area contributed by atoms with E-state index in [2.05, 4.69) is 0 Å². The van der Waals surface area contributed by atoms with Crippen molar-refractivity contribution in [3.63, 3.8) is 0 Å². The van der Waals surface area contributed by atoms with Crippen LogP contribution in [0.2, 0.25) is 0 Å². The van der Waals surface area contributed by atoms with Crippen LogP contribution in [0.3, 0.4) is 0 Å². The second-order valence-corrected chi connectivity index (χ2v) is 7.00. The molecule has 0 aromatic carbocycles. The molecule has 0 bridgehead atoms. The predicted molar refractivity (Wildman–Crippen MR) is 59.3 cm³/mol. The van der Waals surface area contributed by atoms with Gasteiger partial charge in [-0.1, -0.05) is 0 Å². The second-order valence-electron chi connectivity index (χ2n) is 4.77. The van der Waals surface area contributed by atoms with E-state index < -0.39 is 22.4 Å². The third-order valence-corrected chi connectivity index (χ3v) is 4.83. The van der Waals surface area contributed by atoms with Crippen molar-refractivity contribution in [3.05, 3.63) is 0 Å². The molecule has 1 rings (SSSR count). The number of hydrogen-bond donors (Lipinski definition) is 1. The van der Waals surface area contributed by atoms with Crippen LogP contribution in [0.4, 0.5) is 13.2 Å². The Balaban J connectivity index is 2.20. The Bertz CT molecular complexity index is 340. The van der Waals surface area contributed by atoms with Gasteiger partial charge >= 0.3 is 6.18 Å². The zero-order valence-electron chi connectivity index (χ0n) is 9.54. The highest BCUT2D eigenvalue weighted by molar-refractivity contribution is 7.91. The smallest absolute Gasteiger partial charge is 0.328 e. The van der Waals surface area contributed by atoms with E-state index in [1.807, 2.05) is 0 Å². The van der Waals surface area contributed by atoms with E-state index in [4.69, 9.17) is 5.73 Å². The molecule has 102 valence electrons. The van der Waals surface area contributed by atoms with Gasteiger partial charge in [0.25, 0.3) is 0 Å². The summed E-state index contributed by atoms with van der Waals surface area (Å²) in [6.07, 6.45) is -3.52. The van der Waals surface area contributed by atoms with Gasteiger partial charge in [-0.3, -0.25) is 0 Å². The molecule has 0 aromatic heterocycles. The third kappa shape index (κ3) is 6.26. The van der Waals surface area contributed by atoms with Crippen molar-refractivity contribution in [3.8, 4) is 0 Å². The van der Waals surface area contributed by atoms with Crippen LogP contribution in [-0.4, -0.2) is 32.1 Å². The van der Waals surface area contributed by atoms with Gasteiger partial charge in [0.05, 0.1) is 11.5 Å². The Hall–Kier alpha value is -0.300. The average molecular weight is 273 g/mol. The van der Waals surface area contributed by atoms with Gasteiger partial charge in [-0.2, -0.15) is 13.2 Å². The van der Waals surface area contributed by atoms with Crippen LogP contribution in [0.5, 0.6) is 0 Å². The fourth-order valence-corrected chi connectivity index (χ4v) is 4.05. The Morgan fingerprint density at radius 1 is 1.35 bits per heavy atom. The third-order valence-electron chi connectivity index (χ3n) is 3.00. The standard InChI is InChI=1S/C10H18F3NO2S/c11-10(12,13)4-1-2-9(14)6-8-3-5-17(15,16)7-8/h8-9H,1-7,14H2. The fourth-order valence-electron chi connectivity index (χ4n) is 2.17. The van der Waals surface area contributed by atoms with Gasteiger partial charge < -0.3 is 5.73 Å². The molecule has 1 aliphatic rings. The topological polar surface area (TPSA) is 60.2 Å². The molecular weight excluding hydrogens is 255 g/mol. The minimum absolute atomic E-state index is 0.0180. The Morgan fingerprint density at radius 2 is 2.00 bits per heavy atom. The van der Waals surface area contributed by atoms with E-state index >= 15 is 0 Å². The first kappa shape index (κ1) is 14.8. The normalized spacial score (nSPS) is 26.0. The zero-order chi connectivity index (χ0) is 13.1. The summed E-state index contributed by atoms with van der Waals surface area (Å²) in [5.74, 6) is 0.355. The molecule has 0 saturated carbocycles. The molecular formula is C10H18F3NO2S. The van der Waals surface area contributed by atoms with Crippen molar-refractivity contribution in [2.45, 2.75) is 44.3 Å². The minimum atomic E-state index is -4.13. The molecule has 1 heterocycles. The number of halogens is 3. The quantitative estimate of drug-likeness (QED) is 0.832. The Labute approximate surface area is 99.5 Å². The van der Waals surface area contributed by atoms with E-state index in [0.29, 0.717) is 19.3 Å². The predicted octanol–water partition coefficient (Wildman–Crippen LogP) is 1.87. The Morgan fingerprint density at radius 3 is 2.47 bits per heavy atom. The van der Waals surface area contributed by atoms with Gasteiger partial charge in [0.15, 0.2) is 9.84 Å². The number of sulfone groups is 1. The first-order valence-electron chi connectivity index (χ1n) is 5.71. The molecule has 2 N–H and O–H groups in total. The largest absolute Gasteiger partial charge is 0.389 e. The van der Waals surface area contributed by atoms with Crippen LogP contribution in [0, 0.1) is 5.92 Å². The van der Waals surface area contributed by atoms with Crippen molar-refractivity contribution in [1.82, 2.24) is 0 Å². The molecule has 3 nitrogen and oxygen atoms in total. The highest BCUT2D eigenvalue weighted by atomic mass is 32.2. The molecule has 0 spiro atoms. The van der Waals surface area contributed by atoms with Gasteiger partial charge in [-0.15, -0.1) is 0 Å².